The van der Waals surface area contributed by atoms with Crippen LogP contribution in [-0.4, -0.2) is 24.3 Å². The zero-order valence-electron chi connectivity index (χ0n) is 8.21. The number of aliphatic carboxylic acids is 1. The van der Waals surface area contributed by atoms with Crippen LogP contribution in [0.15, 0.2) is 0 Å². The van der Waals surface area contributed by atoms with Gasteiger partial charge in [0.05, 0.1) is 12.0 Å². The molecular weight excluding hydrogens is 168 g/mol. The van der Waals surface area contributed by atoms with Gasteiger partial charge in [0.25, 0.3) is 0 Å². The number of hydrogen-bond acceptors (Lipinski definition) is 2. The number of carboxylic acids is 1. The van der Waals surface area contributed by atoms with Crippen LogP contribution in [0.1, 0.15) is 39.0 Å². The van der Waals surface area contributed by atoms with Gasteiger partial charge in [-0.3, -0.25) is 4.79 Å². The Hall–Kier alpha value is -0.570. The van der Waals surface area contributed by atoms with Crippen molar-refractivity contribution in [1.29, 1.82) is 0 Å². The number of rotatable bonds is 5. The maximum Gasteiger partial charge on any atom is 0.312 e. The van der Waals surface area contributed by atoms with E-state index in [-0.39, 0.29) is 0 Å². The SMILES string of the molecule is CCCCCC1(C(=O)O)CCOC1. The molecule has 1 atom stereocenters. The van der Waals surface area contributed by atoms with Crippen molar-refractivity contribution in [3.63, 3.8) is 0 Å². The molecule has 3 nitrogen and oxygen atoms in total. The van der Waals surface area contributed by atoms with E-state index in [2.05, 4.69) is 6.92 Å². The highest BCUT2D eigenvalue weighted by Gasteiger charge is 2.41. The summed E-state index contributed by atoms with van der Waals surface area (Å²) in [5.41, 5.74) is -0.560. The molecule has 0 aromatic rings. The lowest BCUT2D eigenvalue weighted by atomic mass is 9.82. The highest BCUT2D eigenvalue weighted by Crippen LogP contribution is 2.34. The maximum atomic E-state index is 11.0. The average Bonchev–Trinajstić information content (AvgIpc) is 2.55. The second-order valence-electron chi connectivity index (χ2n) is 3.85. The van der Waals surface area contributed by atoms with E-state index in [9.17, 15) is 4.79 Å². The summed E-state index contributed by atoms with van der Waals surface area (Å²) in [6.45, 7) is 3.14. The van der Waals surface area contributed by atoms with Crippen molar-refractivity contribution in [1.82, 2.24) is 0 Å². The Bertz CT molecular complexity index is 171. The number of carbonyl (C=O) groups is 1. The Kier molecular flexibility index (Phi) is 3.72. The van der Waals surface area contributed by atoms with E-state index in [4.69, 9.17) is 9.84 Å². The van der Waals surface area contributed by atoms with Gasteiger partial charge in [-0.05, 0) is 12.8 Å². The summed E-state index contributed by atoms with van der Waals surface area (Å²) in [7, 11) is 0. The molecule has 0 radical (unpaired) electrons. The molecule has 1 unspecified atom stereocenters. The molecule has 0 saturated carbocycles. The minimum absolute atomic E-state index is 0.409. The van der Waals surface area contributed by atoms with Crippen molar-refractivity contribution in [3.05, 3.63) is 0 Å². The first-order chi connectivity index (χ1) is 6.21. The number of carboxylic acid groups (broad SMARTS) is 1. The second-order valence-corrected chi connectivity index (χ2v) is 3.85. The van der Waals surface area contributed by atoms with Crippen LogP contribution in [0.25, 0.3) is 0 Å². The molecule has 0 aromatic carbocycles. The predicted molar refractivity (Wildman–Crippen MR) is 49.6 cm³/mol. The molecule has 0 aromatic heterocycles. The van der Waals surface area contributed by atoms with Gasteiger partial charge in [-0.1, -0.05) is 26.2 Å². The first kappa shape index (κ1) is 10.5. The van der Waals surface area contributed by atoms with Gasteiger partial charge in [-0.25, -0.2) is 0 Å². The quantitative estimate of drug-likeness (QED) is 0.668. The van der Waals surface area contributed by atoms with Crippen molar-refractivity contribution < 1.29 is 14.6 Å². The summed E-state index contributed by atoms with van der Waals surface area (Å²) in [6, 6.07) is 0. The van der Waals surface area contributed by atoms with E-state index >= 15 is 0 Å². The summed E-state index contributed by atoms with van der Waals surface area (Å²) in [5.74, 6) is -0.680. The van der Waals surface area contributed by atoms with E-state index in [0.717, 1.165) is 25.7 Å². The van der Waals surface area contributed by atoms with Gasteiger partial charge in [-0.2, -0.15) is 0 Å². The van der Waals surface area contributed by atoms with Gasteiger partial charge in [0.2, 0.25) is 0 Å². The molecule has 1 aliphatic rings. The standard InChI is InChI=1S/C10H18O3/c1-2-3-4-5-10(9(11)12)6-7-13-8-10/h2-8H2,1H3,(H,11,12). The molecule has 0 bridgehead atoms. The highest BCUT2D eigenvalue weighted by atomic mass is 16.5. The molecule has 3 heteroatoms. The molecule has 0 amide bonds. The van der Waals surface area contributed by atoms with E-state index in [1.54, 1.807) is 0 Å². The maximum absolute atomic E-state index is 11.0. The first-order valence-electron chi connectivity index (χ1n) is 5.02. The largest absolute Gasteiger partial charge is 0.481 e. The third kappa shape index (κ3) is 2.44. The van der Waals surface area contributed by atoms with Crippen LogP contribution in [0.2, 0.25) is 0 Å². The van der Waals surface area contributed by atoms with Gasteiger partial charge in [0.1, 0.15) is 0 Å². The van der Waals surface area contributed by atoms with Crippen LogP contribution in [0.4, 0.5) is 0 Å². The van der Waals surface area contributed by atoms with E-state index in [1.165, 1.54) is 0 Å². The summed E-state index contributed by atoms with van der Waals surface area (Å²) in [4.78, 5) is 11.0. The van der Waals surface area contributed by atoms with Crippen LogP contribution in [0.3, 0.4) is 0 Å². The topological polar surface area (TPSA) is 46.5 Å². The summed E-state index contributed by atoms with van der Waals surface area (Å²) in [5, 5.41) is 9.08. The number of ether oxygens (including phenoxy) is 1. The van der Waals surface area contributed by atoms with Crippen molar-refractivity contribution >= 4 is 5.97 Å². The molecule has 1 saturated heterocycles. The molecule has 1 heterocycles. The lowest BCUT2D eigenvalue weighted by Crippen LogP contribution is -2.31. The molecule has 1 N–H and O–H groups in total. The molecule has 1 fully saturated rings. The monoisotopic (exact) mass is 186 g/mol. The molecule has 1 aliphatic heterocycles. The van der Waals surface area contributed by atoms with Crippen LogP contribution >= 0.6 is 0 Å². The van der Waals surface area contributed by atoms with E-state index in [1.807, 2.05) is 0 Å². The predicted octanol–water partition coefficient (Wildman–Crippen LogP) is 2.06. The molecule has 13 heavy (non-hydrogen) atoms. The fourth-order valence-electron chi connectivity index (χ4n) is 1.79. The number of unbranched alkanes of at least 4 members (excludes halogenated alkanes) is 2. The Morgan fingerprint density at radius 2 is 2.31 bits per heavy atom. The number of hydrogen-bond donors (Lipinski definition) is 1. The molecule has 0 spiro atoms. The first-order valence-corrected chi connectivity index (χ1v) is 5.02. The van der Waals surface area contributed by atoms with Gasteiger partial charge in [0.15, 0.2) is 0 Å². The Labute approximate surface area is 79.1 Å². The Morgan fingerprint density at radius 3 is 2.77 bits per heavy atom. The van der Waals surface area contributed by atoms with Crippen molar-refractivity contribution in [2.45, 2.75) is 39.0 Å². The summed E-state index contributed by atoms with van der Waals surface area (Å²) >= 11 is 0. The van der Waals surface area contributed by atoms with Crippen LogP contribution in [-0.2, 0) is 9.53 Å². The smallest absolute Gasteiger partial charge is 0.312 e. The van der Waals surface area contributed by atoms with Gasteiger partial charge < -0.3 is 9.84 Å². The second kappa shape index (κ2) is 4.61. The zero-order chi connectivity index (χ0) is 9.73. The van der Waals surface area contributed by atoms with Crippen molar-refractivity contribution in [2.75, 3.05) is 13.2 Å². The highest BCUT2D eigenvalue weighted by molar-refractivity contribution is 5.75. The normalized spacial score (nSPS) is 27.8. The van der Waals surface area contributed by atoms with E-state index < -0.39 is 11.4 Å². The van der Waals surface area contributed by atoms with E-state index in [0.29, 0.717) is 19.6 Å². The van der Waals surface area contributed by atoms with Gasteiger partial charge in [-0.15, -0.1) is 0 Å². The van der Waals surface area contributed by atoms with Crippen molar-refractivity contribution in [3.8, 4) is 0 Å². The third-order valence-corrected chi connectivity index (χ3v) is 2.82. The molecule has 1 rings (SSSR count). The van der Waals surface area contributed by atoms with Gasteiger partial charge >= 0.3 is 5.97 Å². The van der Waals surface area contributed by atoms with Gasteiger partial charge in [0, 0.05) is 6.61 Å². The zero-order valence-corrected chi connectivity index (χ0v) is 8.21. The molecule has 0 aliphatic carbocycles. The fraction of sp³-hybridized carbons (Fsp3) is 0.900. The van der Waals surface area contributed by atoms with Crippen LogP contribution < -0.4 is 0 Å². The Balaban J connectivity index is 2.43. The summed E-state index contributed by atoms with van der Waals surface area (Å²) in [6.07, 6.45) is 4.72. The minimum atomic E-state index is -0.680. The molecular formula is C10H18O3. The lowest BCUT2D eigenvalue weighted by Gasteiger charge is -2.21. The van der Waals surface area contributed by atoms with Crippen LogP contribution in [0.5, 0.6) is 0 Å². The lowest BCUT2D eigenvalue weighted by molar-refractivity contribution is -0.149. The summed E-state index contributed by atoms with van der Waals surface area (Å²) < 4.78 is 5.17. The van der Waals surface area contributed by atoms with Crippen LogP contribution in [0, 0.1) is 5.41 Å². The average molecular weight is 186 g/mol. The fourth-order valence-corrected chi connectivity index (χ4v) is 1.79. The Morgan fingerprint density at radius 1 is 1.54 bits per heavy atom. The van der Waals surface area contributed by atoms with Crippen molar-refractivity contribution in [2.24, 2.45) is 5.41 Å². The minimum Gasteiger partial charge on any atom is -0.481 e. The third-order valence-electron chi connectivity index (χ3n) is 2.82. The molecule has 76 valence electrons.